The lowest BCUT2D eigenvalue weighted by Gasteiger charge is -2.21. The Balaban J connectivity index is 1.79. The Kier molecular flexibility index (Phi) is 3.14. The third-order valence-electron chi connectivity index (χ3n) is 4.41. The molecule has 1 N–H and O–H groups in total. The Morgan fingerprint density at radius 3 is 2.76 bits per heavy atom. The van der Waals surface area contributed by atoms with Gasteiger partial charge in [-0.1, -0.05) is 0 Å². The number of hydrogen-bond acceptors (Lipinski definition) is 5. The van der Waals surface area contributed by atoms with E-state index in [-0.39, 0.29) is 5.56 Å². The molecule has 0 unspecified atom stereocenters. The van der Waals surface area contributed by atoms with Crippen molar-refractivity contribution in [2.24, 2.45) is 0 Å². The molecule has 4 heterocycles. The maximum Gasteiger partial charge on any atom is 0.278 e. The van der Waals surface area contributed by atoms with Crippen LogP contribution < -0.4 is 10.5 Å². The van der Waals surface area contributed by atoms with Crippen molar-refractivity contribution < 1.29 is 4.74 Å². The molecule has 7 heteroatoms. The van der Waals surface area contributed by atoms with Gasteiger partial charge in [-0.05, 0) is 25.7 Å². The summed E-state index contributed by atoms with van der Waals surface area (Å²) in [5.74, 6) is 1.87. The van der Waals surface area contributed by atoms with Crippen LogP contribution in [0.3, 0.4) is 0 Å². The van der Waals surface area contributed by atoms with Gasteiger partial charge < -0.3 is 9.64 Å². The average Bonchev–Trinajstić information content (AvgIpc) is 3.18. The second-order valence-corrected chi connectivity index (χ2v) is 5.77. The summed E-state index contributed by atoms with van der Waals surface area (Å²) >= 11 is 0. The van der Waals surface area contributed by atoms with E-state index in [0.717, 1.165) is 57.8 Å². The molecule has 2 aliphatic rings. The highest BCUT2D eigenvalue weighted by molar-refractivity contribution is 5.45. The van der Waals surface area contributed by atoms with E-state index in [0.29, 0.717) is 17.4 Å². The largest absolute Gasteiger partial charge is 0.381 e. The van der Waals surface area contributed by atoms with Crippen molar-refractivity contribution in [3.63, 3.8) is 0 Å². The molecular formula is C14H19N5O2. The number of ether oxygens (including phenoxy) is 1. The van der Waals surface area contributed by atoms with Crippen molar-refractivity contribution in [1.82, 2.24) is 19.6 Å². The summed E-state index contributed by atoms with van der Waals surface area (Å²) in [7, 11) is 0. The van der Waals surface area contributed by atoms with Gasteiger partial charge in [-0.25, -0.2) is 9.50 Å². The molecule has 0 aromatic carbocycles. The second kappa shape index (κ2) is 5.14. The van der Waals surface area contributed by atoms with Gasteiger partial charge in [0.15, 0.2) is 5.52 Å². The molecule has 2 aliphatic heterocycles. The van der Waals surface area contributed by atoms with Crippen LogP contribution in [-0.2, 0) is 4.74 Å². The molecule has 0 saturated carbocycles. The van der Waals surface area contributed by atoms with E-state index < -0.39 is 0 Å². The number of H-pyrrole nitrogens is 1. The zero-order chi connectivity index (χ0) is 14.2. The fourth-order valence-electron chi connectivity index (χ4n) is 3.21. The van der Waals surface area contributed by atoms with Crippen molar-refractivity contribution in [2.45, 2.75) is 31.6 Å². The van der Waals surface area contributed by atoms with Crippen LogP contribution in [0.4, 0.5) is 5.95 Å². The summed E-state index contributed by atoms with van der Waals surface area (Å²) in [4.78, 5) is 21.7. The standard InChI is InChI=1S/C14H19N5O2/c20-13-11-9-15-12(10-3-7-21-8-4-10)19(11)17-14(16-13)18-5-1-2-6-18/h9-10H,1-8H2,(H,16,17,20). The monoisotopic (exact) mass is 289 g/mol. The SMILES string of the molecule is O=c1[nH]c(N2CCCC2)nn2c(C3CCOCC3)ncc12. The minimum absolute atomic E-state index is 0.113. The molecule has 2 saturated heterocycles. The van der Waals surface area contributed by atoms with E-state index >= 15 is 0 Å². The number of hydrogen-bond donors (Lipinski definition) is 1. The molecule has 0 spiro atoms. The Morgan fingerprint density at radius 2 is 2.00 bits per heavy atom. The number of rotatable bonds is 2. The van der Waals surface area contributed by atoms with Crippen LogP contribution in [0.15, 0.2) is 11.0 Å². The molecule has 2 aromatic rings. The lowest BCUT2D eigenvalue weighted by molar-refractivity contribution is 0.0832. The van der Waals surface area contributed by atoms with E-state index in [9.17, 15) is 4.79 Å². The molecule has 2 fully saturated rings. The van der Waals surface area contributed by atoms with Gasteiger partial charge in [0.2, 0.25) is 5.95 Å². The summed E-state index contributed by atoms with van der Waals surface area (Å²) in [6.07, 6.45) is 5.81. The van der Waals surface area contributed by atoms with Gasteiger partial charge >= 0.3 is 0 Å². The van der Waals surface area contributed by atoms with Crippen molar-refractivity contribution >= 4 is 11.5 Å². The van der Waals surface area contributed by atoms with Gasteiger partial charge in [0, 0.05) is 32.2 Å². The summed E-state index contributed by atoms with van der Waals surface area (Å²) in [6.45, 7) is 3.41. The average molecular weight is 289 g/mol. The minimum Gasteiger partial charge on any atom is -0.381 e. The highest BCUT2D eigenvalue weighted by Crippen LogP contribution is 2.26. The summed E-state index contributed by atoms with van der Waals surface area (Å²) in [5, 5.41) is 4.64. The van der Waals surface area contributed by atoms with Gasteiger partial charge in [-0.15, -0.1) is 5.10 Å². The molecule has 21 heavy (non-hydrogen) atoms. The van der Waals surface area contributed by atoms with Gasteiger partial charge in [0.1, 0.15) is 5.82 Å². The molecule has 2 aromatic heterocycles. The van der Waals surface area contributed by atoms with Gasteiger partial charge in [0.25, 0.3) is 5.56 Å². The molecule has 0 amide bonds. The lowest BCUT2D eigenvalue weighted by atomic mass is 10.00. The first kappa shape index (κ1) is 12.8. The fraction of sp³-hybridized carbons (Fsp3) is 0.643. The first-order valence-electron chi connectivity index (χ1n) is 7.63. The van der Waals surface area contributed by atoms with E-state index in [2.05, 4.69) is 20.0 Å². The highest BCUT2D eigenvalue weighted by atomic mass is 16.5. The van der Waals surface area contributed by atoms with Crippen LogP contribution in [-0.4, -0.2) is 45.9 Å². The number of imidazole rings is 1. The highest BCUT2D eigenvalue weighted by Gasteiger charge is 2.23. The van der Waals surface area contributed by atoms with E-state index in [4.69, 9.17) is 4.74 Å². The molecule has 0 radical (unpaired) electrons. The summed E-state index contributed by atoms with van der Waals surface area (Å²) in [6, 6.07) is 0. The summed E-state index contributed by atoms with van der Waals surface area (Å²) in [5.41, 5.74) is 0.414. The van der Waals surface area contributed by atoms with Gasteiger partial charge in [0.05, 0.1) is 6.20 Å². The topological polar surface area (TPSA) is 75.5 Å². The quantitative estimate of drug-likeness (QED) is 0.889. The third kappa shape index (κ3) is 2.21. The lowest BCUT2D eigenvalue weighted by Crippen LogP contribution is -2.26. The number of fused-ring (bicyclic) bond motifs is 1. The zero-order valence-corrected chi connectivity index (χ0v) is 11.9. The number of nitrogens with one attached hydrogen (secondary N) is 1. The molecular weight excluding hydrogens is 270 g/mol. The van der Waals surface area contributed by atoms with E-state index in [1.165, 1.54) is 0 Å². The third-order valence-corrected chi connectivity index (χ3v) is 4.41. The number of nitrogens with zero attached hydrogens (tertiary/aromatic N) is 4. The Bertz CT molecular complexity index is 695. The maximum absolute atomic E-state index is 12.2. The van der Waals surface area contributed by atoms with Crippen LogP contribution in [0.1, 0.15) is 37.4 Å². The first-order valence-corrected chi connectivity index (χ1v) is 7.63. The van der Waals surface area contributed by atoms with E-state index in [1.807, 2.05) is 0 Å². The van der Waals surface area contributed by atoms with Crippen LogP contribution in [0, 0.1) is 0 Å². The molecule has 112 valence electrons. The molecule has 0 bridgehead atoms. The van der Waals surface area contributed by atoms with Crippen LogP contribution >= 0.6 is 0 Å². The van der Waals surface area contributed by atoms with E-state index in [1.54, 1.807) is 10.7 Å². The van der Waals surface area contributed by atoms with Crippen LogP contribution in [0.5, 0.6) is 0 Å². The maximum atomic E-state index is 12.2. The number of aromatic amines is 1. The molecule has 4 rings (SSSR count). The second-order valence-electron chi connectivity index (χ2n) is 5.77. The van der Waals surface area contributed by atoms with Crippen molar-refractivity contribution in [3.05, 3.63) is 22.4 Å². The fourth-order valence-corrected chi connectivity index (χ4v) is 3.21. The normalized spacial score (nSPS) is 20.5. The van der Waals surface area contributed by atoms with Crippen LogP contribution in [0.25, 0.3) is 5.52 Å². The number of aromatic nitrogens is 4. The Labute approximate surface area is 121 Å². The van der Waals surface area contributed by atoms with Crippen LogP contribution in [0.2, 0.25) is 0 Å². The van der Waals surface area contributed by atoms with Gasteiger partial charge in [-0.2, -0.15) is 0 Å². The zero-order valence-electron chi connectivity index (χ0n) is 11.9. The smallest absolute Gasteiger partial charge is 0.278 e. The van der Waals surface area contributed by atoms with Crippen molar-refractivity contribution in [3.8, 4) is 0 Å². The van der Waals surface area contributed by atoms with Gasteiger partial charge in [-0.3, -0.25) is 9.78 Å². The van der Waals surface area contributed by atoms with Crippen molar-refractivity contribution in [2.75, 3.05) is 31.2 Å². The number of anilines is 1. The minimum atomic E-state index is -0.113. The molecule has 0 atom stereocenters. The molecule has 0 aliphatic carbocycles. The first-order chi connectivity index (χ1) is 10.3. The predicted molar refractivity (Wildman–Crippen MR) is 77.8 cm³/mol. The predicted octanol–water partition coefficient (Wildman–Crippen LogP) is 0.912. The Morgan fingerprint density at radius 1 is 1.24 bits per heavy atom. The molecule has 7 nitrogen and oxygen atoms in total. The summed E-state index contributed by atoms with van der Waals surface area (Å²) < 4.78 is 7.14. The Hall–Kier alpha value is -1.89. The van der Waals surface area contributed by atoms with Crippen molar-refractivity contribution in [1.29, 1.82) is 0 Å².